The van der Waals surface area contributed by atoms with Crippen LogP contribution in [0.3, 0.4) is 0 Å². The average Bonchev–Trinajstić information content (AvgIpc) is 2.75. The van der Waals surface area contributed by atoms with Gasteiger partial charge in [0, 0.05) is 25.1 Å². The number of hydrogen-bond donors (Lipinski definition) is 2. The van der Waals surface area contributed by atoms with Gasteiger partial charge in [-0.05, 0) is 50.4 Å². The largest absolute Gasteiger partial charge is 0.330 e. The summed E-state index contributed by atoms with van der Waals surface area (Å²) < 4.78 is 2.34. The first-order valence-corrected chi connectivity index (χ1v) is 9.27. The highest BCUT2D eigenvalue weighted by Crippen LogP contribution is 2.24. The quantitative estimate of drug-likeness (QED) is 0.763. The molecule has 0 aliphatic carbocycles. The fraction of sp³-hybridized carbons (Fsp3) is 0.579. The van der Waals surface area contributed by atoms with Crippen LogP contribution in [0.25, 0.3) is 11.0 Å². The number of carbonyl (C=O) groups is 1. The standard InChI is InChI=1S/C19H28N4O/c20-12-6-2-1-5-9-19(24)21-15-10-11-17-16(14-15)22-18-8-4-3-7-13-23(17)18/h10-11,14H,1-9,12-13,20H2,(H,21,24). The Labute approximate surface area is 143 Å². The number of nitrogens with one attached hydrogen (secondary N) is 1. The highest BCUT2D eigenvalue weighted by Gasteiger charge is 2.14. The molecule has 2 aromatic rings. The number of amides is 1. The summed E-state index contributed by atoms with van der Waals surface area (Å²) in [6.07, 6.45) is 9.49. The molecule has 1 amide bonds. The molecular weight excluding hydrogens is 300 g/mol. The van der Waals surface area contributed by atoms with Gasteiger partial charge in [0.15, 0.2) is 0 Å². The smallest absolute Gasteiger partial charge is 0.224 e. The topological polar surface area (TPSA) is 72.9 Å². The van der Waals surface area contributed by atoms with Gasteiger partial charge in [-0.2, -0.15) is 0 Å². The van der Waals surface area contributed by atoms with Crippen molar-refractivity contribution in [3.05, 3.63) is 24.0 Å². The SMILES string of the molecule is NCCCCCCC(=O)Nc1ccc2c(c1)nc1n2CCCCC1. The van der Waals surface area contributed by atoms with Crippen LogP contribution >= 0.6 is 0 Å². The second-order valence-electron chi connectivity index (χ2n) is 6.69. The number of hydrogen-bond acceptors (Lipinski definition) is 3. The fourth-order valence-electron chi connectivity index (χ4n) is 3.43. The van der Waals surface area contributed by atoms with Crippen molar-refractivity contribution in [3.63, 3.8) is 0 Å². The van der Waals surface area contributed by atoms with Crippen molar-refractivity contribution in [2.75, 3.05) is 11.9 Å². The number of anilines is 1. The maximum Gasteiger partial charge on any atom is 0.224 e. The van der Waals surface area contributed by atoms with Gasteiger partial charge in [-0.1, -0.05) is 19.3 Å². The number of nitrogens with zero attached hydrogens (tertiary/aromatic N) is 2. The van der Waals surface area contributed by atoms with E-state index in [1.165, 1.54) is 30.6 Å². The Morgan fingerprint density at radius 2 is 2.04 bits per heavy atom. The molecule has 0 saturated heterocycles. The Hall–Kier alpha value is -1.88. The van der Waals surface area contributed by atoms with E-state index in [1.54, 1.807) is 0 Å². The van der Waals surface area contributed by atoms with Crippen LogP contribution in [0.4, 0.5) is 5.69 Å². The number of nitrogens with two attached hydrogens (primary N) is 1. The van der Waals surface area contributed by atoms with Crippen LogP contribution in [-0.2, 0) is 17.8 Å². The Kier molecular flexibility index (Phi) is 5.86. The summed E-state index contributed by atoms with van der Waals surface area (Å²) in [7, 11) is 0. The van der Waals surface area contributed by atoms with Crippen molar-refractivity contribution in [1.82, 2.24) is 9.55 Å². The van der Waals surface area contributed by atoms with Crippen molar-refractivity contribution in [2.45, 2.75) is 64.3 Å². The lowest BCUT2D eigenvalue weighted by Gasteiger charge is -2.07. The van der Waals surface area contributed by atoms with E-state index in [1.807, 2.05) is 12.1 Å². The van der Waals surface area contributed by atoms with E-state index < -0.39 is 0 Å². The molecule has 5 heteroatoms. The van der Waals surface area contributed by atoms with Crippen LogP contribution in [0.5, 0.6) is 0 Å². The molecule has 1 aliphatic heterocycles. The highest BCUT2D eigenvalue weighted by atomic mass is 16.1. The van der Waals surface area contributed by atoms with E-state index in [9.17, 15) is 4.79 Å². The molecule has 2 heterocycles. The molecule has 0 unspecified atom stereocenters. The number of rotatable bonds is 7. The number of imidazole rings is 1. The minimum Gasteiger partial charge on any atom is -0.330 e. The van der Waals surface area contributed by atoms with Crippen molar-refractivity contribution in [1.29, 1.82) is 0 Å². The van der Waals surface area contributed by atoms with Crippen LogP contribution < -0.4 is 11.1 Å². The van der Waals surface area contributed by atoms with E-state index in [0.29, 0.717) is 6.42 Å². The number of carbonyl (C=O) groups excluding carboxylic acids is 1. The summed E-state index contributed by atoms with van der Waals surface area (Å²) in [5.74, 6) is 1.27. The van der Waals surface area contributed by atoms with Gasteiger partial charge in [0.2, 0.25) is 5.91 Å². The Morgan fingerprint density at radius 3 is 2.92 bits per heavy atom. The van der Waals surface area contributed by atoms with Gasteiger partial charge in [-0.25, -0.2) is 4.98 Å². The molecule has 1 aromatic heterocycles. The minimum atomic E-state index is 0.0860. The molecule has 0 saturated carbocycles. The second kappa shape index (κ2) is 8.29. The molecule has 0 radical (unpaired) electrons. The lowest BCUT2D eigenvalue weighted by Crippen LogP contribution is -2.11. The second-order valence-corrected chi connectivity index (χ2v) is 6.69. The first kappa shape index (κ1) is 17.0. The molecular formula is C19H28N4O. The minimum absolute atomic E-state index is 0.0860. The van der Waals surface area contributed by atoms with Crippen molar-refractivity contribution >= 4 is 22.6 Å². The molecule has 0 spiro atoms. The van der Waals surface area contributed by atoms with Crippen LogP contribution in [0.15, 0.2) is 18.2 Å². The number of aromatic nitrogens is 2. The molecule has 24 heavy (non-hydrogen) atoms. The van der Waals surface area contributed by atoms with Gasteiger partial charge in [0.1, 0.15) is 5.82 Å². The zero-order valence-electron chi connectivity index (χ0n) is 14.4. The maximum atomic E-state index is 12.1. The Bertz CT molecular complexity index is 692. The van der Waals surface area contributed by atoms with E-state index in [2.05, 4.69) is 16.0 Å². The molecule has 1 aliphatic rings. The zero-order chi connectivity index (χ0) is 16.8. The van der Waals surface area contributed by atoms with E-state index in [-0.39, 0.29) is 5.91 Å². The third-order valence-corrected chi connectivity index (χ3v) is 4.75. The molecule has 3 N–H and O–H groups in total. The highest BCUT2D eigenvalue weighted by molar-refractivity contribution is 5.93. The molecule has 5 nitrogen and oxygen atoms in total. The van der Waals surface area contributed by atoms with E-state index in [0.717, 1.165) is 56.4 Å². The van der Waals surface area contributed by atoms with Gasteiger partial charge in [0.25, 0.3) is 0 Å². The number of fused-ring (bicyclic) bond motifs is 3. The summed E-state index contributed by atoms with van der Waals surface area (Å²) in [4.78, 5) is 16.8. The number of aryl methyl sites for hydroxylation is 2. The van der Waals surface area contributed by atoms with Crippen LogP contribution in [0.2, 0.25) is 0 Å². The summed E-state index contributed by atoms with van der Waals surface area (Å²) >= 11 is 0. The average molecular weight is 328 g/mol. The molecule has 1 aromatic carbocycles. The van der Waals surface area contributed by atoms with Crippen LogP contribution in [0.1, 0.15) is 57.2 Å². The van der Waals surface area contributed by atoms with Gasteiger partial charge < -0.3 is 15.6 Å². The molecule has 0 atom stereocenters. The van der Waals surface area contributed by atoms with Crippen molar-refractivity contribution in [3.8, 4) is 0 Å². The molecule has 0 fully saturated rings. The summed E-state index contributed by atoms with van der Waals surface area (Å²) in [6, 6.07) is 6.09. The van der Waals surface area contributed by atoms with E-state index in [4.69, 9.17) is 10.7 Å². The normalized spacial score (nSPS) is 14.4. The Balaban J connectivity index is 1.60. The third kappa shape index (κ3) is 4.15. The van der Waals surface area contributed by atoms with Gasteiger partial charge >= 0.3 is 0 Å². The first-order chi connectivity index (χ1) is 11.8. The summed E-state index contributed by atoms with van der Waals surface area (Å²) in [6.45, 7) is 1.79. The summed E-state index contributed by atoms with van der Waals surface area (Å²) in [5, 5.41) is 3.00. The van der Waals surface area contributed by atoms with Crippen LogP contribution in [-0.4, -0.2) is 22.0 Å². The van der Waals surface area contributed by atoms with E-state index >= 15 is 0 Å². The zero-order valence-corrected chi connectivity index (χ0v) is 14.4. The third-order valence-electron chi connectivity index (χ3n) is 4.75. The fourth-order valence-corrected chi connectivity index (χ4v) is 3.43. The molecule has 3 rings (SSSR count). The predicted octanol–water partition coefficient (Wildman–Crippen LogP) is 3.61. The van der Waals surface area contributed by atoms with Crippen molar-refractivity contribution < 1.29 is 4.79 Å². The van der Waals surface area contributed by atoms with Crippen molar-refractivity contribution in [2.24, 2.45) is 5.73 Å². The monoisotopic (exact) mass is 328 g/mol. The van der Waals surface area contributed by atoms with Gasteiger partial charge in [0.05, 0.1) is 11.0 Å². The lowest BCUT2D eigenvalue weighted by molar-refractivity contribution is -0.116. The number of unbranched alkanes of at least 4 members (excludes halogenated alkanes) is 3. The van der Waals surface area contributed by atoms with Gasteiger partial charge in [-0.15, -0.1) is 0 Å². The summed E-state index contributed by atoms with van der Waals surface area (Å²) in [5.41, 5.74) is 8.51. The van der Waals surface area contributed by atoms with Gasteiger partial charge in [-0.3, -0.25) is 4.79 Å². The van der Waals surface area contributed by atoms with Crippen LogP contribution in [0, 0.1) is 0 Å². The molecule has 130 valence electrons. The lowest BCUT2D eigenvalue weighted by atomic mass is 10.1. The maximum absolute atomic E-state index is 12.1. The Morgan fingerprint density at radius 1 is 1.17 bits per heavy atom. The predicted molar refractivity (Wildman–Crippen MR) is 98.1 cm³/mol. The first-order valence-electron chi connectivity index (χ1n) is 9.27. The molecule has 0 bridgehead atoms. The number of benzene rings is 1.